The van der Waals surface area contributed by atoms with Crippen LogP contribution in [0.25, 0.3) is 0 Å². The fourth-order valence-corrected chi connectivity index (χ4v) is 2.68. The van der Waals surface area contributed by atoms with Gasteiger partial charge in [-0.05, 0) is 25.9 Å². The molecule has 0 atom stereocenters. The number of nitrogens with two attached hydrogens (primary N) is 1. The van der Waals surface area contributed by atoms with Crippen LogP contribution in [-0.2, 0) is 11.3 Å². The molecule has 2 rings (SSSR count). The molecule has 8 heteroatoms. The minimum Gasteiger partial charge on any atom is -0.359 e. The molecule has 0 saturated carbocycles. The van der Waals surface area contributed by atoms with E-state index < -0.39 is 0 Å². The number of amides is 1. The molecule has 2 heterocycles. The van der Waals surface area contributed by atoms with Crippen molar-refractivity contribution >= 4 is 22.4 Å². The zero-order valence-corrected chi connectivity index (χ0v) is 11.2. The number of rotatable bonds is 4. The number of hydrogen-bond acceptors (Lipinski definition) is 7. The molecule has 4 N–H and O–H groups in total. The van der Waals surface area contributed by atoms with Gasteiger partial charge in [-0.25, -0.2) is 5.84 Å². The highest BCUT2D eigenvalue weighted by molar-refractivity contribution is 7.10. The van der Waals surface area contributed by atoms with Crippen molar-refractivity contribution in [3.63, 3.8) is 0 Å². The van der Waals surface area contributed by atoms with Gasteiger partial charge < -0.3 is 10.7 Å². The van der Waals surface area contributed by atoms with Crippen LogP contribution in [0.15, 0.2) is 0 Å². The second-order valence-electron chi connectivity index (χ2n) is 4.36. The van der Waals surface area contributed by atoms with Crippen molar-refractivity contribution in [2.24, 2.45) is 11.8 Å². The van der Waals surface area contributed by atoms with E-state index in [1.54, 1.807) is 7.05 Å². The first-order valence-corrected chi connectivity index (χ1v) is 6.73. The van der Waals surface area contributed by atoms with E-state index >= 15 is 0 Å². The number of likely N-dealkylation sites (tertiary alicyclic amines) is 1. The van der Waals surface area contributed by atoms with Crippen LogP contribution >= 0.6 is 11.5 Å². The Morgan fingerprint density at radius 2 is 2.28 bits per heavy atom. The molecule has 7 nitrogen and oxygen atoms in total. The zero-order chi connectivity index (χ0) is 13.0. The van der Waals surface area contributed by atoms with Gasteiger partial charge in [-0.2, -0.15) is 0 Å². The Balaban J connectivity index is 1.85. The predicted molar refractivity (Wildman–Crippen MR) is 69.8 cm³/mol. The van der Waals surface area contributed by atoms with Crippen LogP contribution < -0.4 is 16.6 Å². The largest absolute Gasteiger partial charge is 0.359 e. The van der Waals surface area contributed by atoms with Crippen LogP contribution in [0.1, 0.15) is 18.5 Å². The standard InChI is InChI=1S/C10H18N6OS/c1-12-9(17)7-2-4-16(5-3-7)6-8-10(13-11)18-15-14-8/h7,13H,2-6,11H2,1H3,(H,12,17). The second-order valence-corrected chi connectivity index (χ2v) is 5.11. The Bertz CT molecular complexity index is 401. The summed E-state index contributed by atoms with van der Waals surface area (Å²) in [6, 6.07) is 0. The summed E-state index contributed by atoms with van der Waals surface area (Å²) in [6.07, 6.45) is 1.78. The van der Waals surface area contributed by atoms with Gasteiger partial charge in [0.25, 0.3) is 0 Å². The van der Waals surface area contributed by atoms with Gasteiger partial charge in [0.1, 0.15) is 10.7 Å². The van der Waals surface area contributed by atoms with E-state index in [9.17, 15) is 4.79 Å². The molecule has 1 aromatic rings. The molecule has 0 unspecified atom stereocenters. The molecule has 1 aliphatic heterocycles. The summed E-state index contributed by atoms with van der Waals surface area (Å²) >= 11 is 1.26. The number of carbonyl (C=O) groups is 1. The highest BCUT2D eigenvalue weighted by Crippen LogP contribution is 2.22. The minimum atomic E-state index is 0.145. The van der Waals surface area contributed by atoms with Gasteiger partial charge in [-0.1, -0.05) is 4.49 Å². The van der Waals surface area contributed by atoms with Gasteiger partial charge in [0.2, 0.25) is 5.91 Å². The zero-order valence-electron chi connectivity index (χ0n) is 10.3. The summed E-state index contributed by atoms with van der Waals surface area (Å²) in [5.41, 5.74) is 3.48. The number of nitrogens with one attached hydrogen (secondary N) is 2. The predicted octanol–water partition coefficient (Wildman–Crippen LogP) is -0.218. The fraction of sp³-hybridized carbons (Fsp3) is 0.700. The van der Waals surface area contributed by atoms with E-state index in [1.165, 1.54) is 11.5 Å². The summed E-state index contributed by atoms with van der Waals surface area (Å²) in [5, 5.41) is 7.57. The Hall–Kier alpha value is -1.25. The number of piperidine rings is 1. The van der Waals surface area contributed by atoms with E-state index in [-0.39, 0.29) is 11.8 Å². The summed E-state index contributed by atoms with van der Waals surface area (Å²) in [7, 11) is 1.69. The maximum Gasteiger partial charge on any atom is 0.222 e. The van der Waals surface area contributed by atoms with Crippen molar-refractivity contribution in [3.8, 4) is 0 Å². The third kappa shape index (κ3) is 2.95. The van der Waals surface area contributed by atoms with Crippen molar-refractivity contribution in [2.45, 2.75) is 19.4 Å². The molecule has 1 amide bonds. The lowest BCUT2D eigenvalue weighted by Crippen LogP contribution is -2.39. The number of carbonyl (C=O) groups excluding carboxylic acids is 1. The van der Waals surface area contributed by atoms with Gasteiger partial charge in [0.05, 0.1) is 0 Å². The average Bonchev–Trinajstić information content (AvgIpc) is 2.86. The number of nitrogens with zero attached hydrogens (tertiary/aromatic N) is 3. The van der Waals surface area contributed by atoms with Crippen molar-refractivity contribution in [3.05, 3.63) is 5.69 Å². The first kappa shape index (κ1) is 13.2. The monoisotopic (exact) mass is 270 g/mol. The minimum absolute atomic E-state index is 0.145. The van der Waals surface area contributed by atoms with Crippen molar-refractivity contribution in [1.29, 1.82) is 0 Å². The van der Waals surface area contributed by atoms with Crippen LogP contribution in [0.3, 0.4) is 0 Å². The molecule has 0 spiro atoms. The van der Waals surface area contributed by atoms with Crippen LogP contribution in [-0.4, -0.2) is 40.5 Å². The molecule has 1 aliphatic rings. The quantitative estimate of drug-likeness (QED) is 0.517. The van der Waals surface area contributed by atoms with Gasteiger partial charge in [-0.3, -0.25) is 9.69 Å². The SMILES string of the molecule is CNC(=O)C1CCN(Cc2nnsc2NN)CC1. The van der Waals surface area contributed by atoms with Gasteiger partial charge in [0.15, 0.2) is 0 Å². The number of hydrazine groups is 1. The molecule has 0 aliphatic carbocycles. The Morgan fingerprint density at radius 3 is 2.89 bits per heavy atom. The summed E-state index contributed by atoms with van der Waals surface area (Å²) in [4.78, 5) is 13.8. The smallest absolute Gasteiger partial charge is 0.222 e. The Kier molecular flexibility index (Phi) is 4.45. The molecule has 0 bridgehead atoms. The maximum absolute atomic E-state index is 11.5. The topological polar surface area (TPSA) is 96.2 Å². The molecule has 100 valence electrons. The Labute approximate surface area is 110 Å². The maximum atomic E-state index is 11.5. The van der Waals surface area contributed by atoms with Crippen LogP contribution in [0, 0.1) is 5.92 Å². The van der Waals surface area contributed by atoms with Gasteiger partial charge >= 0.3 is 0 Å². The highest BCUT2D eigenvalue weighted by atomic mass is 32.1. The van der Waals surface area contributed by atoms with Crippen molar-refractivity contribution in [1.82, 2.24) is 19.8 Å². The average molecular weight is 270 g/mol. The third-order valence-electron chi connectivity index (χ3n) is 3.26. The number of nitrogen functional groups attached to an aromatic ring is 1. The summed E-state index contributed by atoms with van der Waals surface area (Å²) < 4.78 is 3.87. The van der Waals surface area contributed by atoms with E-state index in [2.05, 4.69) is 25.2 Å². The third-order valence-corrected chi connectivity index (χ3v) is 3.96. The summed E-state index contributed by atoms with van der Waals surface area (Å²) in [5.74, 6) is 5.68. The highest BCUT2D eigenvalue weighted by Gasteiger charge is 2.25. The molecule has 1 saturated heterocycles. The van der Waals surface area contributed by atoms with Crippen LogP contribution in [0.4, 0.5) is 5.00 Å². The number of anilines is 1. The van der Waals surface area contributed by atoms with Gasteiger partial charge in [-0.15, -0.1) is 5.10 Å². The lowest BCUT2D eigenvalue weighted by atomic mass is 9.96. The van der Waals surface area contributed by atoms with Gasteiger partial charge in [0, 0.05) is 31.0 Å². The first-order chi connectivity index (χ1) is 8.74. The van der Waals surface area contributed by atoms with Crippen molar-refractivity contribution in [2.75, 3.05) is 25.6 Å². The first-order valence-electron chi connectivity index (χ1n) is 5.96. The van der Waals surface area contributed by atoms with Crippen LogP contribution in [0.2, 0.25) is 0 Å². The van der Waals surface area contributed by atoms with E-state index in [0.29, 0.717) is 0 Å². The Morgan fingerprint density at radius 1 is 1.56 bits per heavy atom. The van der Waals surface area contributed by atoms with E-state index in [4.69, 9.17) is 5.84 Å². The van der Waals surface area contributed by atoms with E-state index in [0.717, 1.165) is 43.2 Å². The molecule has 1 fully saturated rings. The van der Waals surface area contributed by atoms with Crippen molar-refractivity contribution < 1.29 is 4.79 Å². The molecular weight excluding hydrogens is 252 g/mol. The lowest BCUT2D eigenvalue weighted by Gasteiger charge is -2.30. The molecular formula is C10H18N6OS. The number of aromatic nitrogens is 2. The molecule has 0 aromatic carbocycles. The lowest BCUT2D eigenvalue weighted by molar-refractivity contribution is -0.125. The molecule has 0 radical (unpaired) electrons. The fourth-order valence-electron chi connectivity index (χ4n) is 2.19. The summed E-state index contributed by atoms with van der Waals surface area (Å²) in [6.45, 7) is 2.54. The second kappa shape index (κ2) is 6.07. The molecule has 1 aromatic heterocycles. The molecule has 18 heavy (non-hydrogen) atoms. The number of hydrogen-bond donors (Lipinski definition) is 3. The normalized spacial score (nSPS) is 17.7. The van der Waals surface area contributed by atoms with E-state index in [1.807, 2.05) is 0 Å². The van der Waals surface area contributed by atoms with Crippen LogP contribution in [0.5, 0.6) is 0 Å².